The van der Waals surface area contributed by atoms with Crippen LogP contribution in [0, 0.1) is 0 Å². The minimum absolute atomic E-state index is 0.180. The Morgan fingerprint density at radius 3 is 3.15 bits per heavy atom. The van der Waals surface area contributed by atoms with Crippen LogP contribution in [-0.4, -0.2) is 26.5 Å². The van der Waals surface area contributed by atoms with Gasteiger partial charge in [0.2, 0.25) is 0 Å². The van der Waals surface area contributed by atoms with Crippen molar-refractivity contribution < 1.29 is 5.11 Å². The molecule has 2 aromatic rings. The maximum atomic E-state index is 9.53. The lowest BCUT2D eigenvalue weighted by Crippen LogP contribution is -2.15. The fourth-order valence-corrected chi connectivity index (χ4v) is 1.25. The van der Waals surface area contributed by atoms with E-state index in [4.69, 9.17) is 5.73 Å². The highest BCUT2D eigenvalue weighted by molar-refractivity contribution is 5.44. The lowest BCUT2D eigenvalue weighted by Gasteiger charge is -2.08. The molecular formula is C8H10N4O. The fourth-order valence-electron chi connectivity index (χ4n) is 1.25. The first-order valence-corrected chi connectivity index (χ1v) is 4.00. The number of nitrogens with zero attached hydrogens (tertiary/aromatic N) is 3. The van der Waals surface area contributed by atoms with Gasteiger partial charge in [-0.1, -0.05) is 11.3 Å². The Balaban J connectivity index is 2.60. The molecule has 3 N–H and O–H groups in total. The molecule has 0 spiro atoms. The van der Waals surface area contributed by atoms with Crippen LogP contribution >= 0.6 is 0 Å². The monoisotopic (exact) mass is 178 g/mol. The van der Waals surface area contributed by atoms with Gasteiger partial charge in [0.05, 0.1) is 17.4 Å². The predicted octanol–water partition coefficient (Wildman–Crippen LogP) is -0.279. The van der Waals surface area contributed by atoms with E-state index in [2.05, 4.69) is 10.3 Å². The third-order valence-electron chi connectivity index (χ3n) is 1.92. The van der Waals surface area contributed by atoms with Crippen molar-refractivity contribution in [1.82, 2.24) is 14.8 Å². The summed E-state index contributed by atoms with van der Waals surface area (Å²) in [7, 11) is 0. The SMILES string of the molecule is NCC(O)c1cccc2cnnn12. The summed E-state index contributed by atoms with van der Waals surface area (Å²) in [6, 6.07) is 5.48. The number of nitrogens with two attached hydrogens (primary N) is 1. The highest BCUT2D eigenvalue weighted by Crippen LogP contribution is 2.12. The molecule has 13 heavy (non-hydrogen) atoms. The van der Waals surface area contributed by atoms with E-state index in [0.29, 0.717) is 5.69 Å². The number of aliphatic hydroxyl groups excluding tert-OH is 1. The summed E-state index contributed by atoms with van der Waals surface area (Å²) in [4.78, 5) is 0. The van der Waals surface area contributed by atoms with E-state index in [9.17, 15) is 5.11 Å². The van der Waals surface area contributed by atoms with E-state index in [1.165, 1.54) is 0 Å². The molecule has 2 aromatic heterocycles. The number of pyridine rings is 1. The van der Waals surface area contributed by atoms with Gasteiger partial charge in [-0.2, -0.15) is 0 Å². The minimum atomic E-state index is -0.689. The molecule has 68 valence electrons. The summed E-state index contributed by atoms with van der Waals surface area (Å²) in [5, 5.41) is 17.1. The van der Waals surface area contributed by atoms with Crippen LogP contribution in [0.2, 0.25) is 0 Å². The average Bonchev–Trinajstić information content (AvgIpc) is 2.63. The van der Waals surface area contributed by atoms with Crippen LogP contribution in [0.25, 0.3) is 5.52 Å². The molecular weight excluding hydrogens is 168 g/mol. The van der Waals surface area contributed by atoms with Crippen LogP contribution in [0.5, 0.6) is 0 Å². The number of fused-ring (bicyclic) bond motifs is 1. The maximum Gasteiger partial charge on any atom is 0.108 e. The Labute approximate surface area is 74.8 Å². The molecule has 0 saturated carbocycles. The second-order valence-corrected chi connectivity index (χ2v) is 2.77. The molecule has 0 amide bonds. The smallest absolute Gasteiger partial charge is 0.108 e. The van der Waals surface area contributed by atoms with Crippen LogP contribution in [0.1, 0.15) is 11.8 Å². The molecule has 1 unspecified atom stereocenters. The normalized spacial score (nSPS) is 13.4. The number of rotatable bonds is 2. The van der Waals surface area contributed by atoms with Crippen molar-refractivity contribution in [1.29, 1.82) is 0 Å². The second-order valence-electron chi connectivity index (χ2n) is 2.77. The predicted molar refractivity (Wildman–Crippen MR) is 47.0 cm³/mol. The Hall–Kier alpha value is -1.46. The summed E-state index contributed by atoms with van der Waals surface area (Å²) < 4.78 is 1.58. The molecule has 0 aromatic carbocycles. The number of aliphatic hydroxyl groups is 1. The topological polar surface area (TPSA) is 76.4 Å². The highest BCUT2D eigenvalue weighted by atomic mass is 16.3. The van der Waals surface area contributed by atoms with Gasteiger partial charge in [0.25, 0.3) is 0 Å². The van der Waals surface area contributed by atoms with Gasteiger partial charge in [-0.15, -0.1) is 5.10 Å². The Morgan fingerprint density at radius 1 is 1.54 bits per heavy atom. The molecule has 5 heteroatoms. The van der Waals surface area contributed by atoms with E-state index >= 15 is 0 Å². The Kier molecular flexibility index (Phi) is 1.96. The van der Waals surface area contributed by atoms with Crippen molar-refractivity contribution in [3.8, 4) is 0 Å². The van der Waals surface area contributed by atoms with E-state index in [-0.39, 0.29) is 6.54 Å². The molecule has 0 aliphatic carbocycles. The largest absolute Gasteiger partial charge is 0.385 e. The zero-order chi connectivity index (χ0) is 9.26. The number of hydrogen-bond donors (Lipinski definition) is 2. The molecule has 0 bridgehead atoms. The molecule has 0 aliphatic heterocycles. The van der Waals surface area contributed by atoms with Crippen molar-refractivity contribution in [2.75, 3.05) is 6.54 Å². The zero-order valence-corrected chi connectivity index (χ0v) is 6.96. The van der Waals surface area contributed by atoms with Gasteiger partial charge in [0, 0.05) is 6.54 Å². The molecule has 5 nitrogen and oxygen atoms in total. The lowest BCUT2D eigenvalue weighted by molar-refractivity contribution is 0.179. The van der Waals surface area contributed by atoms with Crippen LogP contribution in [0.4, 0.5) is 0 Å². The third kappa shape index (κ3) is 1.28. The van der Waals surface area contributed by atoms with E-state index in [0.717, 1.165) is 5.52 Å². The minimum Gasteiger partial charge on any atom is -0.385 e. The van der Waals surface area contributed by atoms with Gasteiger partial charge in [-0.25, -0.2) is 4.52 Å². The molecule has 0 radical (unpaired) electrons. The number of aromatic nitrogens is 3. The van der Waals surface area contributed by atoms with Gasteiger partial charge in [-0.05, 0) is 12.1 Å². The van der Waals surface area contributed by atoms with Crippen LogP contribution in [0.15, 0.2) is 24.4 Å². The summed E-state index contributed by atoms with van der Waals surface area (Å²) in [6.45, 7) is 0.180. The van der Waals surface area contributed by atoms with Gasteiger partial charge < -0.3 is 10.8 Å². The van der Waals surface area contributed by atoms with Gasteiger partial charge >= 0.3 is 0 Å². The van der Waals surface area contributed by atoms with E-state index in [1.807, 2.05) is 12.1 Å². The fraction of sp³-hybridized carbons (Fsp3) is 0.250. The van der Waals surface area contributed by atoms with Crippen LogP contribution in [0.3, 0.4) is 0 Å². The first-order chi connectivity index (χ1) is 6.33. The van der Waals surface area contributed by atoms with Gasteiger partial charge in [0.15, 0.2) is 0 Å². The number of hydrogen-bond acceptors (Lipinski definition) is 4. The maximum absolute atomic E-state index is 9.53. The third-order valence-corrected chi connectivity index (χ3v) is 1.92. The molecule has 2 heterocycles. The van der Waals surface area contributed by atoms with Crippen molar-refractivity contribution in [3.05, 3.63) is 30.1 Å². The van der Waals surface area contributed by atoms with Gasteiger partial charge in [0.1, 0.15) is 6.10 Å². The van der Waals surface area contributed by atoms with Crippen molar-refractivity contribution >= 4 is 5.52 Å². The molecule has 0 fully saturated rings. The van der Waals surface area contributed by atoms with Crippen LogP contribution < -0.4 is 5.73 Å². The average molecular weight is 178 g/mol. The summed E-state index contributed by atoms with van der Waals surface area (Å²) in [5.74, 6) is 0. The van der Waals surface area contributed by atoms with Crippen molar-refractivity contribution in [2.45, 2.75) is 6.10 Å². The molecule has 0 saturated heterocycles. The molecule has 1 atom stereocenters. The van der Waals surface area contributed by atoms with Crippen molar-refractivity contribution in [2.24, 2.45) is 5.73 Å². The van der Waals surface area contributed by atoms with Crippen LogP contribution in [-0.2, 0) is 0 Å². The zero-order valence-electron chi connectivity index (χ0n) is 6.96. The summed E-state index contributed by atoms with van der Waals surface area (Å²) in [6.07, 6.45) is 0.942. The highest BCUT2D eigenvalue weighted by Gasteiger charge is 2.09. The first-order valence-electron chi connectivity index (χ1n) is 4.00. The van der Waals surface area contributed by atoms with Crippen molar-refractivity contribution in [3.63, 3.8) is 0 Å². The quantitative estimate of drug-likeness (QED) is 0.663. The lowest BCUT2D eigenvalue weighted by atomic mass is 10.2. The Morgan fingerprint density at radius 2 is 2.38 bits per heavy atom. The molecule has 0 aliphatic rings. The standard InChI is InChI=1S/C8H10N4O/c9-4-8(13)7-3-1-2-6-5-10-11-12(6)7/h1-3,5,8,13H,4,9H2. The summed E-state index contributed by atoms with van der Waals surface area (Å²) in [5.41, 5.74) is 6.87. The van der Waals surface area contributed by atoms with E-state index < -0.39 is 6.10 Å². The van der Waals surface area contributed by atoms with E-state index in [1.54, 1.807) is 16.8 Å². The Bertz CT molecular complexity index is 411. The second kappa shape index (κ2) is 3.12. The first kappa shape index (κ1) is 8.15. The summed E-state index contributed by atoms with van der Waals surface area (Å²) >= 11 is 0. The molecule has 2 rings (SSSR count). The van der Waals surface area contributed by atoms with Gasteiger partial charge in [-0.3, -0.25) is 0 Å².